The van der Waals surface area contributed by atoms with E-state index < -0.39 is 17.6 Å². The molecule has 0 saturated heterocycles. The van der Waals surface area contributed by atoms with Crippen LogP contribution in [0.2, 0.25) is 10.0 Å². The van der Waals surface area contributed by atoms with Crippen LogP contribution >= 0.6 is 23.2 Å². The average molecular weight is 425 g/mol. The largest absolute Gasteiger partial charge is 0.492 e. The number of alkyl carbamates (subject to hydrolysis) is 1. The number of halogens is 2. The number of nitrogens with two attached hydrogens (primary N) is 1. The zero-order valence-electron chi connectivity index (χ0n) is 15.8. The molecule has 0 aliphatic heterocycles. The number of primary amides is 1. The lowest BCUT2D eigenvalue weighted by Gasteiger charge is -2.19. The fourth-order valence-electron chi connectivity index (χ4n) is 2.30. The molecule has 2 aromatic carbocycles. The highest BCUT2D eigenvalue weighted by atomic mass is 35.5. The van der Waals surface area contributed by atoms with Crippen molar-refractivity contribution in [3.8, 4) is 16.9 Å². The van der Waals surface area contributed by atoms with Crippen LogP contribution in [0.3, 0.4) is 0 Å². The van der Waals surface area contributed by atoms with Crippen LogP contribution in [0.15, 0.2) is 36.4 Å². The number of hydrogen-bond acceptors (Lipinski definition) is 4. The summed E-state index contributed by atoms with van der Waals surface area (Å²) in [4.78, 5) is 23.3. The molecule has 2 rings (SSSR count). The minimum atomic E-state index is -0.585. The standard InChI is InChI=1S/C20H22Cl2N2O4/c1-20(2,3)28-19(26)24-6-7-27-15-9-13(8-14(10-15)18(23)25)12-4-5-16(21)17(22)11-12/h4-5,8-11H,6-7H2,1-3H3,(H2,23,25)(H,24,26). The Morgan fingerprint density at radius 1 is 1.04 bits per heavy atom. The molecule has 0 aliphatic carbocycles. The van der Waals surface area contributed by atoms with E-state index in [0.717, 1.165) is 5.56 Å². The molecule has 0 radical (unpaired) electrons. The Labute approximate surface area is 173 Å². The molecule has 0 unspecified atom stereocenters. The summed E-state index contributed by atoms with van der Waals surface area (Å²) in [6.45, 7) is 5.76. The minimum Gasteiger partial charge on any atom is -0.492 e. The smallest absolute Gasteiger partial charge is 0.407 e. The van der Waals surface area contributed by atoms with Gasteiger partial charge in [-0.15, -0.1) is 0 Å². The van der Waals surface area contributed by atoms with Crippen molar-refractivity contribution in [2.24, 2.45) is 5.73 Å². The number of carbonyl (C=O) groups is 2. The first-order valence-corrected chi connectivity index (χ1v) is 9.31. The van der Waals surface area contributed by atoms with Crippen LogP contribution in [0.25, 0.3) is 11.1 Å². The fraction of sp³-hybridized carbons (Fsp3) is 0.300. The summed E-state index contributed by atoms with van der Waals surface area (Å²) in [5.41, 5.74) is 6.60. The van der Waals surface area contributed by atoms with Gasteiger partial charge in [-0.25, -0.2) is 4.79 Å². The summed E-state index contributed by atoms with van der Waals surface area (Å²) in [5, 5.41) is 3.42. The van der Waals surface area contributed by atoms with Crippen molar-refractivity contribution >= 4 is 35.2 Å². The number of benzene rings is 2. The number of hydrogen-bond donors (Lipinski definition) is 2. The SMILES string of the molecule is CC(C)(C)OC(=O)NCCOc1cc(C(N)=O)cc(-c2ccc(Cl)c(Cl)c2)c1. The van der Waals surface area contributed by atoms with Gasteiger partial charge in [-0.3, -0.25) is 4.79 Å². The van der Waals surface area contributed by atoms with Crippen molar-refractivity contribution in [1.29, 1.82) is 0 Å². The number of carbonyl (C=O) groups excluding carboxylic acids is 2. The van der Waals surface area contributed by atoms with Gasteiger partial charge in [0.1, 0.15) is 18.0 Å². The summed E-state index contributed by atoms with van der Waals surface area (Å²) < 4.78 is 10.8. The third-order valence-corrected chi connectivity index (χ3v) is 4.22. The minimum absolute atomic E-state index is 0.183. The lowest BCUT2D eigenvalue weighted by atomic mass is 10.0. The van der Waals surface area contributed by atoms with Gasteiger partial charge >= 0.3 is 6.09 Å². The van der Waals surface area contributed by atoms with E-state index in [-0.39, 0.29) is 13.2 Å². The van der Waals surface area contributed by atoms with Gasteiger partial charge in [0.15, 0.2) is 0 Å². The van der Waals surface area contributed by atoms with Gasteiger partial charge in [-0.05, 0) is 62.2 Å². The molecule has 28 heavy (non-hydrogen) atoms. The molecule has 8 heteroatoms. The normalized spacial score (nSPS) is 11.0. The summed E-state index contributed by atoms with van der Waals surface area (Å²) in [7, 11) is 0. The molecule has 0 heterocycles. The Bertz CT molecular complexity index is 879. The molecule has 0 spiro atoms. The predicted octanol–water partition coefficient (Wildman–Crippen LogP) is 4.66. The van der Waals surface area contributed by atoms with Gasteiger partial charge in [0.2, 0.25) is 5.91 Å². The molecule has 0 aliphatic rings. The molecule has 150 valence electrons. The van der Waals surface area contributed by atoms with E-state index in [2.05, 4.69) is 5.32 Å². The molecular weight excluding hydrogens is 403 g/mol. The maximum absolute atomic E-state index is 11.7. The van der Waals surface area contributed by atoms with E-state index in [1.54, 1.807) is 51.1 Å². The highest BCUT2D eigenvalue weighted by Gasteiger charge is 2.15. The molecule has 0 fully saturated rings. The number of rotatable bonds is 6. The van der Waals surface area contributed by atoms with Gasteiger partial charge < -0.3 is 20.5 Å². The van der Waals surface area contributed by atoms with Crippen LogP contribution in [0.4, 0.5) is 4.79 Å². The molecule has 0 atom stereocenters. The van der Waals surface area contributed by atoms with Crippen LogP contribution in [0.1, 0.15) is 31.1 Å². The summed E-state index contributed by atoms with van der Waals surface area (Å²) in [6.07, 6.45) is -0.529. The lowest BCUT2D eigenvalue weighted by Crippen LogP contribution is -2.34. The van der Waals surface area contributed by atoms with E-state index in [9.17, 15) is 9.59 Å². The van der Waals surface area contributed by atoms with Crippen molar-refractivity contribution in [3.63, 3.8) is 0 Å². The van der Waals surface area contributed by atoms with E-state index in [1.165, 1.54) is 6.07 Å². The Hall–Kier alpha value is -2.44. The Kier molecular flexibility index (Phi) is 7.16. The van der Waals surface area contributed by atoms with E-state index in [0.29, 0.717) is 26.9 Å². The van der Waals surface area contributed by atoms with Crippen molar-refractivity contribution in [2.75, 3.05) is 13.2 Å². The van der Waals surface area contributed by atoms with Gasteiger partial charge in [0.05, 0.1) is 16.6 Å². The Morgan fingerprint density at radius 3 is 2.36 bits per heavy atom. The highest BCUT2D eigenvalue weighted by Crippen LogP contribution is 2.31. The first-order valence-electron chi connectivity index (χ1n) is 8.55. The van der Waals surface area contributed by atoms with Crippen molar-refractivity contribution in [3.05, 3.63) is 52.0 Å². The van der Waals surface area contributed by atoms with E-state index >= 15 is 0 Å². The average Bonchev–Trinajstić information content (AvgIpc) is 2.59. The lowest BCUT2D eigenvalue weighted by molar-refractivity contribution is 0.0520. The second-order valence-electron chi connectivity index (χ2n) is 7.02. The third kappa shape index (κ3) is 6.62. The first kappa shape index (κ1) is 21.9. The number of ether oxygens (including phenoxy) is 2. The monoisotopic (exact) mass is 424 g/mol. The number of nitrogens with one attached hydrogen (secondary N) is 1. The van der Waals surface area contributed by atoms with Crippen LogP contribution in [-0.2, 0) is 4.74 Å². The second-order valence-corrected chi connectivity index (χ2v) is 7.83. The third-order valence-electron chi connectivity index (χ3n) is 3.48. The molecule has 0 bridgehead atoms. The number of amides is 2. The van der Waals surface area contributed by atoms with Crippen molar-refractivity contribution in [2.45, 2.75) is 26.4 Å². The van der Waals surface area contributed by atoms with Gasteiger partial charge in [0, 0.05) is 5.56 Å². The molecule has 0 saturated carbocycles. The molecule has 2 aromatic rings. The highest BCUT2D eigenvalue weighted by molar-refractivity contribution is 6.42. The quantitative estimate of drug-likeness (QED) is 0.659. The van der Waals surface area contributed by atoms with Crippen LogP contribution in [0, 0.1) is 0 Å². The van der Waals surface area contributed by atoms with Gasteiger partial charge in [-0.2, -0.15) is 0 Å². The maximum atomic E-state index is 11.7. The van der Waals surface area contributed by atoms with Gasteiger partial charge in [0.25, 0.3) is 0 Å². The summed E-state index contributed by atoms with van der Waals surface area (Å²) in [6, 6.07) is 10.1. The Balaban J connectivity index is 2.09. The zero-order chi connectivity index (χ0) is 20.9. The van der Waals surface area contributed by atoms with Crippen LogP contribution in [0.5, 0.6) is 5.75 Å². The molecule has 6 nitrogen and oxygen atoms in total. The molecule has 0 aromatic heterocycles. The predicted molar refractivity (Wildman–Crippen MR) is 110 cm³/mol. The van der Waals surface area contributed by atoms with Crippen LogP contribution in [-0.4, -0.2) is 30.8 Å². The summed E-state index contributed by atoms with van der Waals surface area (Å²) >= 11 is 12.0. The maximum Gasteiger partial charge on any atom is 0.407 e. The molecular formula is C20H22Cl2N2O4. The summed E-state index contributed by atoms with van der Waals surface area (Å²) in [5.74, 6) is -0.151. The van der Waals surface area contributed by atoms with E-state index in [4.69, 9.17) is 38.4 Å². The first-order chi connectivity index (χ1) is 13.0. The fourth-order valence-corrected chi connectivity index (χ4v) is 2.60. The van der Waals surface area contributed by atoms with E-state index in [1.807, 2.05) is 0 Å². The zero-order valence-corrected chi connectivity index (χ0v) is 17.4. The van der Waals surface area contributed by atoms with Crippen molar-refractivity contribution < 1.29 is 19.1 Å². The molecule has 2 amide bonds. The van der Waals surface area contributed by atoms with Gasteiger partial charge in [-0.1, -0.05) is 29.3 Å². The van der Waals surface area contributed by atoms with Crippen LogP contribution < -0.4 is 15.8 Å². The second kappa shape index (κ2) is 9.17. The molecule has 3 N–H and O–H groups in total. The Morgan fingerprint density at radius 2 is 1.75 bits per heavy atom. The topological polar surface area (TPSA) is 90.7 Å². The van der Waals surface area contributed by atoms with Crippen molar-refractivity contribution in [1.82, 2.24) is 5.32 Å².